The summed E-state index contributed by atoms with van der Waals surface area (Å²) in [6.45, 7) is 10.3. The Morgan fingerprint density at radius 1 is 1.08 bits per heavy atom. The Labute approximate surface area is 155 Å². The molecule has 0 aliphatic rings. The predicted molar refractivity (Wildman–Crippen MR) is 103 cm³/mol. The van der Waals surface area contributed by atoms with E-state index < -0.39 is 6.03 Å². The van der Waals surface area contributed by atoms with E-state index in [1.807, 2.05) is 34.6 Å². The van der Waals surface area contributed by atoms with Crippen LogP contribution in [-0.2, 0) is 4.79 Å². The van der Waals surface area contributed by atoms with Crippen molar-refractivity contribution in [2.24, 2.45) is 5.92 Å². The molecule has 144 valence electrons. The van der Waals surface area contributed by atoms with Gasteiger partial charge < -0.3 is 20.9 Å². The van der Waals surface area contributed by atoms with Crippen LogP contribution in [0.25, 0.3) is 0 Å². The lowest BCUT2D eigenvalue weighted by Crippen LogP contribution is -2.47. The summed E-state index contributed by atoms with van der Waals surface area (Å²) in [5, 5.41) is 8.34. The van der Waals surface area contributed by atoms with Gasteiger partial charge in [-0.15, -0.1) is 0 Å². The molecule has 0 spiro atoms. The van der Waals surface area contributed by atoms with Gasteiger partial charge in [-0.2, -0.15) is 0 Å². The fourth-order valence-corrected chi connectivity index (χ4v) is 2.07. The second-order valence-electron chi connectivity index (χ2n) is 7.77. The molecular formula is C19H30N4O3. The number of amides is 4. The van der Waals surface area contributed by atoms with Gasteiger partial charge in [0.05, 0.1) is 0 Å². The van der Waals surface area contributed by atoms with Crippen molar-refractivity contribution >= 4 is 23.5 Å². The third-order valence-corrected chi connectivity index (χ3v) is 3.31. The summed E-state index contributed by atoms with van der Waals surface area (Å²) in [6.07, 6.45) is 0. The predicted octanol–water partition coefficient (Wildman–Crippen LogP) is 2.45. The molecule has 0 unspecified atom stereocenters. The average Bonchev–Trinajstić information content (AvgIpc) is 2.51. The molecule has 7 nitrogen and oxygen atoms in total. The molecule has 1 aromatic rings. The van der Waals surface area contributed by atoms with Crippen LogP contribution in [-0.4, -0.2) is 48.4 Å². The third kappa shape index (κ3) is 8.00. The second-order valence-corrected chi connectivity index (χ2v) is 7.77. The fraction of sp³-hybridized carbons (Fsp3) is 0.526. The standard InChI is InChI=1S/C19H30N4O3/c1-13(2)11-20-17(25)14-7-9-15(10-8-14)21-18(26)23(6)12-16(24)22-19(3,4)5/h7-10,13H,11-12H2,1-6H3,(H,20,25)(H,21,26)(H,22,24). The number of nitrogens with zero attached hydrogens (tertiary/aromatic N) is 1. The Bertz CT molecular complexity index is 633. The van der Waals surface area contributed by atoms with Gasteiger partial charge in [-0.25, -0.2) is 4.79 Å². The molecule has 0 aliphatic heterocycles. The maximum absolute atomic E-state index is 12.2. The molecular weight excluding hydrogens is 332 g/mol. The van der Waals surface area contributed by atoms with Crippen LogP contribution in [0.4, 0.5) is 10.5 Å². The number of likely N-dealkylation sites (N-methyl/N-ethyl adjacent to an activating group) is 1. The normalized spacial score (nSPS) is 11.0. The summed E-state index contributed by atoms with van der Waals surface area (Å²) in [5.74, 6) is 0.00315. The van der Waals surface area contributed by atoms with Gasteiger partial charge >= 0.3 is 6.03 Å². The molecule has 4 amide bonds. The number of benzene rings is 1. The topological polar surface area (TPSA) is 90.5 Å². The van der Waals surface area contributed by atoms with E-state index in [4.69, 9.17) is 0 Å². The van der Waals surface area contributed by atoms with Crippen LogP contribution in [0.15, 0.2) is 24.3 Å². The van der Waals surface area contributed by atoms with E-state index in [0.29, 0.717) is 23.7 Å². The van der Waals surface area contributed by atoms with E-state index in [1.165, 1.54) is 4.90 Å². The smallest absolute Gasteiger partial charge is 0.322 e. The Kier molecular flexibility index (Phi) is 7.61. The van der Waals surface area contributed by atoms with E-state index >= 15 is 0 Å². The number of carbonyl (C=O) groups is 3. The molecule has 0 heterocycles. The van der Waals surface area contributed by atoms with E-state index in [0.717, 1.165) is 0 Å². The molecule has 0 fully saturated rings. The molecule has 0 atom stereocenters. The van der Waals surface area contributed by atoms with Gasteiger partial charge in [0, 0.05) is 30.4 Å². The summed E-state index contributed by atoms with van der Waals surface area (Å²) in [6, 6.07) is 6.22. The van der Waals surface area contributed by atoms with E-state index in [-0.39, 0.29) is 23.9 Å². The minimum absolute atomic E-state index is 0.0429. The summed E-state index contributed by atoms with van der Waals surface area (Å²) in [7, 11) is 1.55. The quantitative estimate of drug-likeness (QED) is 0.726. The average molecular weight is 362 g/mol. The Morgan fingerprint density at radius 2 is 1.65 bits per heavy atom. The van der Waals surface area contributed by atoms with Crippen LogP contribution in [0.5, 0.6) is 0 Å². The van der Waals surface area contributed by atoms with Crippen molar-refractivity contribution in [3.63, 3.8) is 0 Å². The molecule has 26 heavy (non-hydrogen) atoms. The highest BCUT2D eigenvalue weighted by Crippen LogP contribution is 2.10. The largest absolute Gasteiger partial charge is 0.352 e. The Balaban J connectivity index is 2.56. The number of nitrogens with one attached hydrogen (secondary N) is 3. The van der Waals surface area contributed by atoms with Crippen LogP contribution >= 0.6 is 0 Å². The number of rotatable bonds is 6. The van der Waals surface area contributed by atoms with E-state index in [2.05, 4.69) is 16.0 Å². The zero-order chi connectivity index (χ0) is 19.9. The van der Waals surface area contributed by atoms with Gasteiger partial charge in [-0.05, 0) is 51.0 Å². The van der Waals surface area contributed by atoms with E-state index in [1.54, 1.807) is 31.3 Å². The zero-order valence-electron chi connectivity index (χ0n) is 16.5. The lowest BCUT2D eigenvalue weighted by molar-refractivity contribution is -0.122. The monoisotopic (exact) mass is 362 g/mol. The van der Waals surface area contributed by atoms with Crippen molar-refractivity contribution in [3.05, 3.63) is 29.8 Å². The molecule has 0 aliphatic carbocycles. The number of anilines is 1. The molecule has 0 bridgehead atoms. The first kappa shape index (κ1) is 21.5. The van der Waals surface area contributed by atoms with Crippen molar-refractivity contribution in [1.29, 1.82) is 0 Å². The van der Waals surface area contributed by atoms with Crippen molar-refractivity contribution in [2.45, 2.75) is 40.2 Å². The van der Waals surface area contributed by atoms with Gasteiger partial charge in [0.25, 0.3) is 5.91 Å². The SMILES string of the molecule is CC(C)CNC(=O)c1ccc(NC(=O)N(C)CC(=O)NC(C)(C)C)cc1. The first-order valence-corrected chi connectivity index (χ1v) is 8.69. The molecule has 0 saturated heterocycles. The van der Waals surface area contributed by atoms with Crippen LogP contribution in [0.3, 0.4) is 0 Å². The highest BCUT2D eigenvalue weighted by Gasteiger charge is 2.18. The van der Waals surface area contributed by atoms with Crippen molar-refractivity contribution in [1.82, 2.24) is 15.5 Å². The number of hydrogen-bond acceptors (Lipinski definition) is 3. The van der Waals surface area contributed by atoms with Gasteiger partial charge in [0.2, 0.25) is 5.91 Å². The lowest BCUT2D eigenvalue weighted by atomic mass is 10.1. The van der Waals surface area contributed by atoms with Gasteiger partial charge in [0.15, 0.2) is 0 Å². The van der Waals surface area contributed by atoms with Crippen LogP contribution in [0, 0.1) is 5.92 Å². The van der Waals surface area contributed by atoms with Crippen molar-refractivity contribution < 1.29 is 14.4 Å². The zero-order valence-corrected chi connectivity index (χ0v) is 16.5. The van der Waals surface area contributed by atoms with Crippen molar-refractivity contribution in [3.8, 4) is 0 Å². The first-order valence-electron chi connectivity index (χ1n) is 8.69. The molecule has 0 radical (unpaired) electrons. The maximum Gasteiger partial charge on any atom is 0.322 e. The molecule has 0 saturated carbocycles. The van der Waals surface area contributed by atoms with Gasteiger partial charge in [0.1, 0.15) is 6.54 Å². The number of hydrogen-bond donors (Lipinski definition) is 3. The minimum Gasteiger partial charge on any atom is -0.352 e. The Morgan fingerprint density at radius 3 is 2.15 bits per heavy atom. The summed E-state index contributed by atoms with van der Waals surface area (Å²) in [5.41, 5.74) is 0.737. The van der Waals surface area contributed by atoms with Gasteiger partial charge in [-0.1, -0.05) is 13.8 Å². The summed E-state index contributed by atoms with van der Waals surface area (Å²) >= 11 is 0. The van der Waals surface area contributed by atoms with Crippen LogP contribution in [0.2, 0.25) is 0 Å². The summed E-state index contributed by atoms with van der Waals surface area (Å²) < 4.78 is 0. The second kappa shape index (κ2) is 9.22. The van der Waals surface area contributed by atoms with Gasteiger partial charge in [-0.3, -0.25) is 9.59 Å². The lowest BCUT2D eigenvalue weighted by Gasteiger charge is -2.23. The molecule has 1 aromatic carbocycles. The maximum atomic E-state index is 12.2. The van der Waals surface area contributed by atoms with E-state index in [9.17, 15) is 14.4 Å². The number of carbonyl (C=O) groups excluding carboxylic acids is 3. The van der Waals surface area contributed by atoms with Crippen LogP contribution < -0.4 is 16.0 Å². The highest BCUT2D eigenvalue weighted by molar-refractivity contribution is 5.96. The minimum atomic E-state index is -0.397. The van der Waals surface area contributed by atoms with Crippen LogP contribution in [0.1, 0.15) is 45.0 Å². The molecule has 1 rings (SSSR count). The Hall–Kier alpha value is -2.57. The third-order valence-electron chi connectivity index (χ3n) is 3.31. The highest BCUT2D eigenvalue weighted by atomic mass is 16.2. The fourth-order valence-electron chi connectivity index (χ4n) is 2.07. The molecule has 0 aromatic heterocycles. The first-order chi connectivity index (χ1) is 12.0. The molecule has 3 N–H and O–H groups in total. The van der Waals surface area contributed by atoms with Crippen molar-refractivity contribution in [2.75, 3.05) is 25.5 Å². The summed E-state index contributed by atoms with van der Waals surface area (Å²) in [4.78, 5) is 37.3. The number of urea groups is 1. The molecule has 7 heteroatoms.